The van der Waals surface area contributed by atoms with E-state index in [0.29, 0.717) is 17.4 Å². The predicted molar refractivity (Wildman–Crippen MR) is 77.8 cm³/mol. The summed E-state index contributed by atoms with van der Waals surface area (Å²) in [7, 11) is 1.56. The number of halogens is 1. The first kappa shape index (κ1) is 16.3. The van der Waals surface area contributed by atoms with E-state index >= 15 is 0 Å². The molecular weight excluding hydrogens is 264 g/mol. The van der Waals surface area contributed by atoms with Crippen LogP contribution < -0.4 is 4.74 Å². The summed E-state index contributed by atoms with van der Waals surface area (Å²) in [6.07, 6.45) is -1.01. The Morgan fingerprint density at radius 1 is 1.32 bits per heavy atom. The lowest BCUT2D eigenvalue weighted by atomic mass is 9.83. The molecule has 0 heterocycles. The van der Waals surface area contributed by atoms with Crippen LogP contribution in [-0.4, -0.2) is 24.9 Å². The van der Waals surface area contributed by atoms with Gasteiger partial charge in [0, 0.05) is 6.61 Å². The number of rotatable bonds is 5. The van der Waals surface area contributed by atoms with Gasteiger partial charge in [-0.15, -0.1) is 0 Å². The Labute approximate surface area is 120 Å². The Kier molecular flexibility index (Phi) is 5.65. The SMILES string of the molecule is CCOC(C(O)c1ccc(Cl)c(OC)c1)C(C)(C)C. The second-order valence-electron chi connectivity index (χ2n) is 5.58. The second kappa shape index (κ2) is 6.60. The molecule has 0 amide bonds. The summed E-state index contributed by atoms with van der Waals surface area (Å²) in [6.45, 7) is 8.62. The number of aliphatic hydroxyl groups is 1. The first-order chi connectivity index (χ1) is 8.81. The predicted octanol–water partition coefficient (Wildman–Crippen LogP) is 3.83. The number of methoxy groups -OCH3 is 1. The molecule has 0 aliphatic rings. The Hall–Kier alpha value is -0.770. The summed E-state index contributed by atoms with van der Waals surface area (Å²) in [4.78, 5) is 0. The molecule has 0 aromatic heterocycles. The lowest BCUT2D eigenvalue weighted by Crippen LogP contribution is -2.35. The standard InChI is InChI=1S/C15H23ClO3/c1-6-19-14(15(2,3)4)13(17)10-7-8-11(16)12(9-10)18-5/h7-9,13-14,17H,6H2,1-5H3. The summed E-state index contributed by atoms with van der Waals surface area (Å²) >= 11 is 5.99. The maximum Gasteiger partial charge on any atom is 0.137 e. The molecule has 0 radical (unpaired) electrons. The van der Waals surface area contributed by atoms with Gasteiger partial charge < -0.3 is 14.6 Å². The molecule has 19 heavy (non-hydrogen) atoms. The highest BCUT2D eigenvalue weighted by molar-refractivity contribution is 6.32. The summed E-state index contributed by atoms with van der Waals surface area (Å²) in [5.74, 6) is 0.558. The van der Waals surface area contributed by atoms with Gasteiger partial charge in [-0.3, -0.25) is 0 Å². The molecule has 1 aromatic carbocycles. The molecule has 2 atom stereocenters. The second-order valence-corrected chi connectivity index (χ2v) is 5.99. The third-order valence-electron chi connectivity index (χ3n) is 3.00. The van der Waals surface area contributed by atoms with Gasteiger partial charge in [-0.25, -0.2) is 0 Å². The van der Waals surface area contributed by atoms with Crippen molar-refractivity contribution >= 4 is 11.6 Å². The van der Waals surface area contributed by atoms with Crippen molar-refractivity contribution in [3.05, 3.63) is 28.8 Å². The monoisotopic (exact) mass is 286 g/mol. The van der Waals surface area contributed by atoms with Crippen molar-refractivity contribution in [2.75, 3.05) is 13.7 Å². The average Bonchev–Trinajstić information content (AvgIpc) is 2.34. The highest BCUT2D eigenvalue weighted by Gasteiger charge is 2.33. The van der Waals surface area contributed by atoms with E-state index in [2.05, 4.69) is 0 Å². The van der Waals surface area contributed by atoms with Gasteiger partial charge in [-0.2, -0.15) is 0 Å². The zero-order chi connectivity index (χ0) is 14.6. The fourth-order valence-electron chi connectivity index (χ4n) is 2.03. The minimum Gasteiger partial charge on any atom is -0.495 e. The number of hydrogen-bond acceptors (Lipinski definition) is 3. The molecule has 0 saturated heterocycles. The average molecular weight is 287 g/mol. The normalized spacial score (nSPS) is 15.1. The fourth-order valence-corrected chi connectivity index (χ4v) is 2.22. The van der Waals surface area contributed by atoms with Crippen molar-refractivity contribution in [3.8, 4) is 5.75 Å². The molecule has 1 N–H and O–H groups in total. The molecule has 0 aliphatic heterocycles. The highest BCUT2D eigenvalue weighted by Crippen LogP contribution is 2.35. The highest BCUT2D eigenvalue weighted by atomic mass is 35.5. The molecule has 0 fully saturated rings. The van der Waals surface area contributed by atoms with Crippen molar-refractivity contribution in [1.29, 1.82) is 0 Å². The van der Waals surface area contributed by atoms with Crippen LogP contribution in [-0.2, 0) is 4.74 Å². The van der Waals surface area contributed by atoms with E-state index < -0.39 is 6.10 Å². The van der Waals surface area contributed by atoms with Crippen LogP contribution >= 0.6 is 11.6 Å². The van der Waals surface area contributed by atoms with Gasteiger partial charge in [-0.1, -0.05) is 38.4 Å². The summed E-state index contributed by atoms with van der Waals surface area (Å²) in [5, 5.41) is 11.1. The molecule has 3 nitrogen and oxygen atoms in total. The first-order valence-electron chi connectivity index (χ1n) is 6.44. The Morgan fingerprint density at radius 3 is 2.42 bits per heavy atom. The van der Waals surface area contributed by atoms with Crippen LogP contribution in [0, 0.1) is 5.41 Å². The van der Waals surface area contributed by atoms with Crippen LogP contribution in [0.3, 0.4) is 0 Å². The van der Waals surface area contributed by atoms with Crippen LogP contribution in [0.5, 0.6) is 5.75 Å². The zero-order valence-corrected chi connectivity index (χ0v) is 13.0. The van der Waals surface area contributed by atoms with E-state index in [0.717, 1.165) is 5.56 Å². The minimum absolute atomic E-state index is 0.164. The molecular formula is C15H23ClO3. The molecule has 1 aromatic rings. The van der Waals surface area contributed by atoms with E-state index in [1.54, 1.807) is 25.3 Å². The number of ether oxygens (including phenoxy) is 2. The van der Waals surface area contributed by atoms with Gasteiger partial charge in [0.05, 0.1) is 18.2 Å². The lowest BCUT2D eigenvalue weighted by molar-refractivity contribution is -0.0899. The Balaban J connectivity index is 3.05. The molecule has 0 bridgehead atoms. The number of benzene rings is 1. The largest absolute Gasteiger partial charge is 0.495 e. The van der Waals surface area contributed by atoms with E-state index in [4.69, 9.17) is 21.1 Å². The number of aliphatic hydroxyl groups excluding tert-OH is 1. The van der Waals surface area contributed by atoms with Crippen molar-refractivity contribution in [3.63, 3.8) is 0 Å². The third-order valence-corrected chi connectivity index (χ3v) is 3.32. The third kappa shape index (κ3) is 4.10. The van der Waals surface area contributed by atoms with Gasteiger partial charge in [0.15, 0.2) is 0 Å². The summed E-state index contributed by atoms with van der Waals surface area (Å²) in [5.41, 5.74) is 0.581. The smallest absolute Gasteiger partial charge is 0.137 e. The molecule has 108 valence electrons. The van der Waals surface area contributed by atoms with Gasteiger partial charge >= 0.3 is 0 Å². The zero-order valence-electron chi connectivity index (χ0n) is 12.2. The van der Waals surface area contributed by atoms with E-state index in [1.165, 1.54) is 0 Å². The Bertz CT molecular complexity index is 412. The maximum absolute atomic E-state index is 10.5. The van der Waals surface area contributed by atoms with E-state index in [9.17, 15) is 5.11 Å². The first-order valence-corrected chi connectivity index (χ1v) is 6.82. The van der Waals surface area contributed by atoms with Crippen molar-refractivity contribution in [2.24, 2.45) is 5.41 Å². The molecule has 0 spiro atoms. The van der Waals surface area contributed by atoms with Crippen LogP contribution in [0.15, 0.2) is 18.2 Å². The summed E-state index contributed by atoms with van der Waals surface area (Å²) < 4.78 is 10.9. The Morgan fingerprint density at radius 2 is 1.95 bits per heavy atom. The van der Waals surface area contributed by atoms with Gasteiger partial charge in [0.1, 0.15) is 11.9 Å². The van der Waals surface area contributed by atoms with Crippen LogP contribution in [0.2, 0.25) is 5.02 Å². The number of hydrogen-bond donors (Lipinski definition) is 1. The quantitative estimate of drug-likeness (QED) is 0.894. The molecule has 1 rings (SSSR count). The lowest BCUT2D eigenvalue weighted by Gasteiger charge is -2.34. The maximum atomic E-state index is 10.5. The van der Waals surface area contributed by atoms with E-state index in [1.807, 2.05) is 27.7 Å². The van der Waals surface area contributed by atoms with E-state index in [-0.39, 0.29) is 11.5 Å². The minimum atomic E-state index is -0.717. The van der Waals surface area contributed by atoms with Crippen molar-refractivity contribution in [1.82, 2.24) is 0 Å². The van der Waals surface area contributed by atoms with Gasteiger partial charge in [0.25, 0.3) is 0 Å². The van der Waals surface area contributed by atoms with Crippen LogP contribution in [0.4, 0.5) is 0 Å². The van der Waals surface area contributed by atoms with Crippen molar-refractivity contribution in [2.45, 2.75) is 39.9 Å². The summed E-state index contributed by atoms with van der Waals surface area (Å²) in [6, 6.07) is 5.28. The molecule has 0 aliphatic carbocycles. The van der Waals surface area contributed by atoms with Crippen molar-refractivity contribution < 1.29 is 14.6 Å². The molecule has 2 unspecified atom stereocenters. The van der Waals surface area contributed by atoms with Gasteiger partial charge in [0.2, 0.25) is 0 Å². The van der Waals surface area contributed by atoms with Gasteiger partial charge in [-0.05, 0) is 30.0 Å². The van der Waals surface area contributed by atoms with Crippen LogP contribution in [0.25, 0.3) is 0 Å². The fraction of sp³-hybridized carbons (Fsp3) is 0.600. The molecule has 4 heteroatoms. The topological polar surface area (TPSA) is 38.7 Å². The molecule has 0 saturated carbocycles. The van der Waals surface area contributed by atoms with Crippen LogP contribution in [0.1, 0.15) is 39.4 Å².